The molecule has 15 rings (SSSR count). The van der Waals surface area contributed by atoms with Gasteiger partial charge in [-0.3, -0.25) is 0 Å². The molecule has 0 aliphatic rings. The Kier molecular flexibility index (Phi) is 12.0. The molecule has 390 valence electrons. The second kappa shape index (κ2) is 20.6. The van der Waals surface area contributed by atoms with Crippen LogP contribution in [0.4, 0.5) is 5.69 Å². The van der Waals surface area contributed by atoms with Crippen LogP contribution in [0.1, 0.15) is 5.56 Å². The zero-order valence-electron chi connectivity index (χ0n) is 44.9. The topological polar surface area (TPSA) is 115 Å². The van der Waals surface area contributed by atoms with Gasteiger partial charge < -0.3 is 9.13 Å². The highest BCUT2D eigenvalue weighted by Gasteiger charge is 2.24. The molecule has 0 saturated carbocycles. The summed E-state index contributed by atoms with van der Waals surface area (Å²) in [7, 11) is 0. The molecule has 10 heteroatoms. The van der Waals surface area contributed by atoms with Crippen LogP contribution in [0.25, 0.3) is 150 Å². The third-order valence-electron chi connectivity index (χ3n) is 15.5. The lowest BCUT2D eigenvalue weighted by Gasteiger charge is -2.17. The number of nitriles is 1. The number of hydrogen-bond acceptors (Lipinski definition) is 7. The first-order valence-corrected chi connectivity index (χ1v) is 27.5. The fourth-order valence-electron chi connectivity index (χ4n) is 11.5. The molecule has 0 unspecified atom stereocenters. The first-order chi connectivity index (χ1) is 41.5. The van der Waals surface area contributed by atoms with E-state index in [0.717, 1.165) is 111 Å². The van der Waals surface area contributed by atoms with E-state index in [0.29, 0.717) is 46.2 Å². The van der Waals surface area contributed by atoms with Crippen LogP contribution in [0.3, 0.4) is 0 Å². The Balaban J connectivity index is 0.947. The summed E-state index contributed by atoms with van der Waals surface area (Å²) in [5.41, 5.74) is 15.7. The molecule has 0 amide bonds. The number of benzene rings is 11. The van der Waals surface area contributed by atoms with Crippen LogP contribution >= 0.6 is 0 Å². The number of aromatic nitrogens is 8. The first kappa shape index (κ1) is 49.1. The SMILES string of the molecule is [C-]#[N+]c1ccc2c(c1)c1ccccc1n2-c1ccc(-c2cccc(-c3ccc(-n4c5ccccc5c5cc(C#N)ccc54)c(-c4nc(-c5ccccc5)nc(-c5ccccc5)n4)c3)c2)cc1-c1nc(-c2ccccc2)nc(-c2ccccc2)n1. The van der Waals surface area contributed by atoms with Gasteiger partial charge in [-0.1, -0.05) is 194 Å². The van der Waals surface area contributed by atoms with Crippen LogP contribution in [0.5, 0.6) is 0 Å². The third-order valence-corrected chi connectivity index (χ3v) is 15.5. The van der Waals surface area contributed by atoms with Crippen LogP contribution in [-0.2, 0) is 0 Å². The summed E-state index contributed by atoms with van der Waals surface area (Å²) in [6.45, 7) is 7.91. The van der Waals surface area contributed by atoms with Gasteiger partial charge in [0.2, 0.25) is 0 Å². The molecule has 0 aliphatic carbocycles. The van der Waals surface area contributed by atoms with Crippen LogP contribution in [0, 0.1) is 17.9 Å². The Hall–Kier alpha value is -12.0. The summed E-state index contributed by atoms with van der Waals surface area (Å²) < 4.78 is 4.52. The van der Waals surface area contributed by atoms with Gasteiger partial charge in [-0.15, -0.1) is 0 Å². The van der Waals surface area contributed by atoms with Crippen LogP contribution < -0.4 is 0 Å². The molecule has 15 aromatic rings. The normalized spacial score (nSPS) is 11.3. The van der Waals surface area contributed by atoms with E-state index in [1.807, 2.05) is 176 Å². The molecule has 0 bridgehead atoms. The second-order valence-corrected chi connectivity index (χ2v) is 20.5. The van der Waals surface area contributed by atoms with Gasteiger partial charge in [-0.2, -0.15) is 5.26 Å². The lowest BCUT2D eigenvalue weighted by molar-refractivity contribution is 1.06. The van der Waals surface area contributed by atoms with Crippen molar-refractivity contribution in [2.45, 2.75) is 0 Å². The minimum Gasteiger partial charge on any atom is -0.309 e. The zero-order chi connectivity index (χ0) is 56.1. The molecule has 0 atom stereocenters. The van der Waals surface area contributed by atoms with Gasteiger partial charge >= 0.3 is 0 Å². The van der Waals surface area contributed by atoms with E-state index in [1.54, 1.807) is 0 Å². The number of nitrogens with zero attached hydrogens (tertiary/aromatic N) is 10. The number of fused-ring (bicyclic) bond motifs is 6. The summed E-state index contributed by atoms with van der Waals surface area (Å²) in [5, 5.41) is 14.1. The first-order valence-electron chi connectivity index (χ1n) is 27.5. The molecule has 0 radical (unpaired) electrons. The fourth-order valence-corrected chi connectivity index (χ4v) is 11.5. The van der Waals surface area contributed by atoms with Gasteiger partial charge in [-0.25, -0.2) is 34.7 Å². The smallest absolute Gasteiger partial charge is 0.188 e. The van der Waals surface area contributed by atoms with Crippen molar-refractivity contribution in [1.82, 2.24) is 39.0 Å². The Morgan fingerprint density at radius 2 is 0.655 bits per heavy atom. The minimum absolute atomic E-state index is 0.507. The third kappa shape index (κ3) is 8.68. The Morgan fingerprint density at radius 3 is 1.08 bits per heavy atom. The Labute approximate surface area is 483 Å². The molecule has 84 heavy (non-hydrogen) atoms. The van der Waals surface area contributed by atoms with Crippen molar-refractivity contribution in [3.63, 3.8) is 0 Å². The van der Waals surface area contributed by atoms with Crippen LogP contribution in [0.15, 0.2) is 267 Å². The fraction of sp³-hybridized carbons (Fsp3) is 0. The predicted octanol–water partition coefficient (Wildman–Crippen LogP) is 18.0. The molecule has 0 fully saturated rings. The lowest BCUT2D eigenvalue weighted by Crippen LogP contribution is -2.04. The number of hydrogen-bond donors (Lipinski definition) is 0. The molecule has 0 spiro atoms. The highest BCUT2D eigenvalue weighted by Crippen LogP contribution is 2.42. The molecule has 0 saturated heterocycles. The molecule has 11 aromatic carbocycles. The Morgan fingerprint density at radius 1 is 0.298 bits per heavy atom. The van der Waals surface area contributed by atoms with E-state index >= 15 is 0 Å². The zero-order valence-corrected chi connectivity index (χ0v) is 44.9. The van der Waals surface area contributed by atoms with E-state index in [4.69, 9.17) is 36.5 Å². The summed E-state index contributed by atoms with van der Waals surface area (Å²) in [5.74, 6) is 3.23. The van der Waals surface area contributed by atoms with Crippen molar-refractivity contribution in [2.75, 3.05) is 0 Å². The van der Waals surface area contributed by atoms with Crippen molar-refractivity contribution in [2.24, 2.45) is 0 Å². The highest BCUT2D eigenvalue weighted by molar-refractivity contribution is 6.12. The van der Waals surface area contributed by atoms with Gasteiger partial charge in [0, 0.05) is 49.5 Å². The predicted molar refractivity (Wildman–Crippen MR) is 336 cm³/mol. The summed E-state index contributed by atoms with van der Waals surface area (Å²) in [6.07, 6.45) is 0. The van der Waals surface area contributed by atoms with Crippen molar-refractivity contribution in [3.05, 3.63) is 284 Å². The van der Waals surface area contributed by atoms with E-state index < -0.39 is 0 Å². The van der Waals surface area contributed by atoms with Gasteiger partial charge in [-0.05, 0) is 100 Å². The molecular weight excluding hydrogens is 1030 g/mol. The van der Waals surface area contributed by atoms with E-state index in [2.05, 4.69) is 111 Å². The molecule has 4 aromatic heterocycles. The quantitative estimate of drug-likeness (QED) is 0.125. The van der Waals surface area contributed by atoms with Crippen LogP contribution in [-0.4, -0.2) is 39.0 Å². The summed E-state index contributed by atoms with van der Waals surface area (Å²) in [6, 6.07) is 92.5. The van der Waals surface area contributed by atoms with Crippen LogP contribution in [0.2, 0.25) is 0 Å². The van der Waals surface area contributed by atoms with Gasteiger partial charge in [0.15, 0.2) is 40.6 Å². The second-order valence-electron chi connectivity index (χ2n) is 20.5. The van der Waals surface area contributed by atoms with Crippen molar-refractivity contribution >= 4 is 49.3 Å². The van der Waals surface area contributed by atoms with Gasteiger partial charge in [0.1, 0.15) is 0 Å². The number of para-hydroxylation sites is 2. The van der Waals surface area contributed by atoms with Gasteiger partial charge in [0.05, 0.1) is 51.6 Å². The summed E-state index contributed by atoms with van der Waals surface area (Å²) in [4.78, 5) is 35.2. The largest absolute Gasteiger partial charge is 0.309 e. The standard InChI is InChI=1S/C74H44N10/c1-76-56-36-40-66-60(45-56)58-30-15-17-32-64(58)84(66)68-39-35-55(44-62(68)74-81-71(50-23-10-4-11-24-50)78-72(82-74)51-25-12-5-13-26-51)53-28-18-27-52(42-53)54-34-38-67(83-63-31-16-14-29-57(63)59-41-47(46-75)33-37-65(59)83)61(43-54)73-79-69(48-19-6-2-7-20-48)77-70(80-73)49-21-8-3-9-22-49/h2-45H. The monoisotopic (exact) mass is 1070 g/mol. The molecule has 0 aliphatic heterocycles. The average Bonchev–Trinajstić information content (AvgIpc) is 1.98. The number of rotatable bonds is 10. The maximum atomic E-state index is 10.1. The lowest BCUT2D eigenvalue weighted by atomic mass is 9.95. The van der Waals surface area contributed by atoms with Gasteiger partial charge in [0.25, 0.3) is 0 Å². The summed E-state index contributed by atoms with van der Waals surface area (Å²) >= 11 is 0. The van der Waals surface area contributed by atoms with E-state index in [1.165, 1.54) is 0 Å². The molecule has 0 N–H and O–H groups in total. The molecule has 4 heterocycles. The average molecular weight is 1070 g/mol. The van der Waals surface area contributed by atoms with E-state index in [-0.39, 0.29) is 0 Å². The minimum atomic E-state index is 0.507. The highest BCUT2D eigenvalue weighted by atomic mass is 15.1. The van der Waals surface area contributed by atoms with E-state index in [9.17, 15) is 5.26 Å². The van der Waals surface area contributed by atoms with Crippen molar-refractivity contribution < 1.29 is 0 Å². The maximum Gasteiger partial charge on any atom is 0.188 e. The maximum absolute atomic E-state index is 10.1. The Bertz CT molecular complexity index is 4720. The van der Waals surface area contributed by atoms with Crippen molar-refractivity contribution in [1.29, 1.82) is 5.26 Å². The molecule has 10 nitrogen and oxygen atoms in total. The van der Waals surface area contributed by atoms with Crippen molar-refractivity contribution in [3.8, 4) is 108 Å². The molecular formula is C74H44N10.